The third kappa shape index (κ3) is 3.04. The van der Waals surface area contributed by atoms with Crippen molar-refractivity contribution in [3.05, 3.63) is 18.2 Å². The van der Waals surface area contributed by atoms with Gasteiger partial charge in [0.05, 0.1) is 11.4 Å². The molecule has 1 amide bonds. The van der Waals surface area contributed by atoms with Crippen LogP contribution in [0.2, 0.25) is 0 Å². The molecule has 0 bridgehead atoms. The van der Waals surface area contributed by atoms with Gasteiger partial charge in [-0.2, -0.15) is 0 Å². The first-order valence-electron chi connectivity index (χ1n) is 9.26. The molecule has 2 saturated heterocycles. The number of nitrogens with one attached hydrogen (secondary N) is 1. The molecule has 2 heterocycles. The highest BCUT2D eigenvalue weighted by Crippen LogP contribution is 2.35. The highest BCUT2D eigenvalue weighted by atomic mass is 16.1. The molecule has 0 unspecified atom stereocenters. The molecule has 0 atom stereocenters. The van der Waals surface area contributed by atoms with Crippen LogP contribution in [0.3, 0.4) is 0 Å². The quantitative estimate of drug-likeness (QED) is 0.922. The first-order valence-corrected chi connectivity index (χ1v) is 9.26. The van der Waals surface area contributed by atoms with Gasteiger partial charge in [0.15, 0.2) is 0 Å². The number of amides is 1. The Bertz CT molecular complexity index is 570. The first kappa shape index (κ1) is 14.9. The molecule has 4 heteroatoms. The van der Waals surface area contributed by atoms with Gasteiger partial charge in [0.2, 0.25) is 5.91 Å². The molecular weight excluding hydrogens is 286 g/mol. The van der Waals surface area contributed by atoms with E-state index in [1.165, 1.54) is 43.5 Å². The maximum absolute atomic E-state index is 12.5. The summed E-state index contributed by atoms with van der Waals surface area (Å²) in [6, 6.07) is 6.66. The van der Waals surface area contributed by atoms with E-state index in [0.717, 1.165) is 44.7 Å². The van der Waals surface area contributed by atoms with Gasteiger partial charge in [0.1, 0.15) is 0 Å². The van der Waals surface area contributed by atoms with E-state index < -0.39 is 0 Å². The molecule has 23 heavy (non-hydrogen) atoms. The molecule has 3 aliphatic rings. The fourth-order valence-electron chi connectivity index (χ4n) is 3.94. The fraction of sp³-hybridized carbons (Fsp3) is 0.632. The maximum atomic E-state index is 12.5. The molecule has 2 aliphatic heterocycles. The van der Waals surface area contributed by atoms with E-state index in [2.05, 4.69) is 33.3 Å². The lowest BCUT2D eigenvalue weighted by Gasteiger charge is -2.28. The molecule has 4 nitrogen and oxygen atoms in total. The minimum absolute atomic E-state index is 0.218. The Balaban J connectivity index is 1.60. The molecule has 1 aliphatic carbocycles. The summed E-state index contributed by atoms with van der Waals surface area (Å²) in [5.74, 6) is 0.451. The highest BCUT2D eigenvalue weighted by molar-refractivity contribution is 5.97. The molecule has 1 N–H and O–H groups in total. The van der Waals surface area contributed by atoms with E-state index in [1.807, 2.05) is 0 Å². The molecule has 124 valence electrons. The van der Waals surface area contributed by atoms with Crippen LogP contribution in [0, 0.1) is 5.92 Å². The van der Waals surface area contributed by atoms with Crippen LogP contribution in [0.4, 0.5) is 17.1 Å². The summed E-state index contributed by atoms with van der Waals surface area (Å²) < 4.78 is 0. The van der Waals surface area contributed by atoms with Crippen molar-refractivity contribution in [1.82, 2.24) is 0 Å². The van der Waals surface area contributed by atoms with Gasteiger partial charge >= 0.3 is 0 Å². The highest BCUT2D eigenvalue weighted by Gasteiger charge is 2.27. The normalized spacial score (nSPS) is 21.6. The van der Waals surface area contributed by atoms with E-state index >= 15 is 0 Å². The molecule has 0 spiro atoms. The van der Waals surface area contributed by atoms with Crippen molar-refractivity contribution >= 4 is 23.0 Å². The number of carbonyl (C=O) groups is 1. The van der Waals surface area contributed by atoms with Gasteiger partial charge in [-0.05, 0) is 56.7 Å². The molecule has 1 saturated carbocycles. The maximum Gasteiger partial charge on any atom is 0.227 e. The van der Waals surface area contributed by atoms with Crippen molar-refractivity contribution in [3.8, 4) is 0 Å². The third-order valence-electron chi connectivity index (χ3n) is 5.63. The number of nitrogens with zero attached hydrogens (tertiary/aromatic N) is 2. The molecule has 1 aromatic carbocycles. The van der Waals surface area contributed by atoms with E-state index in [0.29, 0.717) is 0 Å². The van der Waals surface area contributed by atoms with Crippen molar-refractivity contribution < 1.29 is 4.79 Å². The number of hydrogen-bond donors (Lipinski definition) is 1. The number of carbonyl (C=O) groups excluding carboxylic acids is 1. The Morgan fingerprint density at radius 1 is 0.913 bits per heavy atom. The molecule has 1 aromatic rings. The lowest BCUT2D eigenvalue weighted by Crippen LogP contribution is -2.29. The summed E-state index contributed by atoms with van der Waals surface area (Å²) in [5, 5.41) is 3.25. The Labute approximate surface area is 138 Å². The van der Waals surface area contributed by atoms with Crippen molar-refractivity contribution in [1.29, 1.82) is 0 Å². The van der Waals surface area contributed by atoms with Crippen molar-refractivity contribution in [2.75, 3.05) is 41.3 Å². The van der Waals surface area contributed by atoms with Crippen LogP contribution in [-0.2, 0) is 4.79 Å². The first-order chi connectivity index (χ1) is 11.3. The van der Waals surface area contributed by atoms with Crippen LogP contribution in [0.1, 0.15) is 44.9 Å². The van der Waals surface area contributed by atoms with Gasteiger partial charge in [-0.15, -0.1) is 0 Å². The van der Waals surface area contributed by atoms with Gasteiger partial charge in [-0.1, -0.05) is 6.42 Å². The van der Waals surface area contributed by atoms with E-state index in [4.69, 9.17) is 0 Å². The Hall–Kier alpha value is -1.71. The lowest BCUT2D eigenvalue weighted by atomic mass is 9.85. The van der Waals surface area contributed by atoms with E-state index in [9.17, 15) is 4.79 Å². The van der Waals surface area contributed by atoms with Gasteiger partial charge in [-0.25, -0.2) is 0 Å². The summed E-state index contributed by atoms with van der Waals surface area (Å²) in [6.45, 7) is 4.49. The summed E-state index contributed by atoms with van der Waals surface area (Å²) in [5.41, 5.74) is 3.49. The lowest BCUT2D eigenvalue weighted by molar-refractivity contribution is -0.122. The van der Waals surface area contributed by atoms with Crippen LogP contribution in [-0.4, -0.2) is 32.1 Å². The Kier molecular flexibility index (Phi) is 4.15. The molecule has 4 rings (SSSR count). The minimum atomic E-state index is 0.218. The second-order valence-corrected chi connectivity index (χ2v) is 7.21. The van der Waals surface area contributed by atoms with Crippen LogP contribution in [0.5, 0.6) is 0 Å². The van der Waals surface area contributed by atoms with Crippen LogP contribution < -0.4 is 15.1 Å². The monoisotopic (exact) mass is 313 g/mol. The molecule has 0 aromatic heterocycles. The summed E-state index contributed by atoms with van der Waals surface area (Å²) in [4.78, 5) is 17.3. The molecule has 0 radical (unpaired) electrons. The van der Waals surface area contributed by atoms with Gasteiger partial charge in [0.25, 0.3) is 0 Å². The number of rotatable bonds is 4. The topological polar surface area (TPSA) is 35.6 Å². The average molecular weight is 313 g/mol. The zero-order valence-electron chi connectivity index (χ0n) is 13.9. The van der Waals surface area contributed by atoms with Gasteiger partial charge in [0, 0.05) is 37.8 Å². The van der Waals surface area contributed by atoms with Crippen molar-refractivity contribution in [2.45, 2.75) is 44.9 Å². The number of benzene rings is 1. The third-order valence-corrected chi connectivity index (χ3v) is 5.63. The Morgan fingerprint density at radius 2 is 1.57 bits per heavy atom. The van der Waals surface area contributed by atoms with Gasteiger partial charge in [-0.3, -0.25) is 4.79 Å². The summed E-state index contributed by atoms with van der Waals surface area (Å²) >= 11 is 0. The van der Waals surface area contributed by atoms with Gasteiger partial charge < -0.3 is 15.1 Å². The average Bonchev–Trinajstić information content (AvgIpc) is 3.19. The second kappa shape index (κ2) is 6.42. The SMILES string of the molecule is O=C(Nc1cc(N2CCCC2)ccc1N1CCCC1)C1CCC1. The van der Waals surface area contributed by atoms with Crippen LogP contribution in [0.25, 0.3) is 0 Å². The van der Waals surface area contributed by atoms with Crippen molar-refractivity contribution in [3.63, 3.8) is 0 Å². The largest absolute Gasteiger partial charge is 0.371 e. The number of hydrogen-bond acceptors (Lipinski definition) is 3. The fourth-order valence-corrected chi connectivity index (χ4v) is 3.94. The zero-order valence-corrected chi connectivity index (χ0v) is 13.9. The smallest absolute Gasteiger partial charge is 0.227 e. The standard InChI is InChI=1S/C19H27N3O/c23-19(15-6-5-7-15)20-17-14-16(21-10-1-2-11-21)8-9-18(17)22-12-3-4-13-22/h8-9,14-15H,1-7,10-13H2,(H,20,23). The van der Waals surface area contributed by atoms with Crippen molar-refractivity contribution in [2.24, 2.45) is 5.92 Å². The molecule has 3 fully saturated rings. The zero-order chi connectivity index (χ0) is 15.6. The number of anilines is 3. The Morgan fingerprint density at radius 3 is 2.17 bits per heavy atom. The van der Waals surface area contributed by atoms with E-state index in [1.54, 1.807) is 0 Å². The second-order valence-electron chi connectivity index (χ2n) is 7.21. The van der Waals surface area contributed by atoms with Crippen LogP contribution >= 0.6 is 0 Å². The predicted octanol–water partition coefficient (Wildman–Crippen LogP) is 3.63. The predicted molar refractivity (Wildman–Crippen MR) is 95.3 cm³/mol. The summed E-state index contributed by atoms with van der Waals surface area (Å²) in [7, 11) is 0. The van der Waals surface area contributed by atoms with E-state index in [-0.39, 0.29) is 11.8 Å². The molecular formula is C19H27N3O. The van der Waals surface area contributed by atoms with Crippen LogP contribution in [0.15, 0.2) is 18.2 Å². The minimum Gasteiger partial charge on any atom is -0.371 e. The summed E-state index contributed by atoms with van der Waals surface area (Å²) in [6.07, 6.45) is 8.36.